The van der Waals surface area contributed by atoms with Crippen molar-refractivity contribution in [2.45, 2.75) is 45.1 Å². The molecule has 2 unspecified atom stereocenters. The predicted molar refractivity (Wildman–Crippen MR) is 75.4 cm³/mol. The molecule has 2 atom stereocenters. The van der Waals surface area contributed by atoms with Gasteiger partial charge in [0, 0.05) is 5.92 Å². The van der Waals surface area contributed by atoms with Crippen LogP contribution in [0.1, 0.15) is 56.3 Å². The predicted octanol–water partition coefficient (Wildman–Crippen LogP) is 3.22. The summed E-state index contributed by atoms with van der Waals surface area (Å²) < 4.78 is 0. The van der Waals surface area contributed by atoms with Gasteiger partial charge in [0.25, 0.3) is 0 Å². The molecular formula is C16H25NO. The first-order valence-electron chi connectivity index (χ1n) is 7.11. The van der Waals surface area contributed by atoms with Gasteiger partial charge in [0.05, 0.1) is 6.10 Å². The first kappa shape index (κ1) is 13.6. The summed E-state index contributed by atoms with van der Waals surface area (Å²) in [6, 6.07) is 8.50. The van der Waals surface area contributed by atoms with E-state index in [-0.39, 0.29) is 5.92 Å². The normalized spacial score (nSPS) is 19.6. The van der Waals surface area contributed by atoms with Gasteiger partial charge in [0.2, 0.25) is 0 Å². The van der Waals surface area contributed by atoms with E-state index >= 15 is 0 Å². The second-order valence-electron chi connectivity index (χ2n) is 5.88. The smallest absolute Gasteiger partial charge is 0.0832 e. The van der Waals surface area contributed by atoms with Crippen LogP contribution in [0.4, 0.5) is 0 Å². The Hall–Kier alpha value is -0.860. The molecule has 2 rings (SSSR count). The zero-order valence-electron chi connectivity index (χ0n) is 11.5. The molecule has 0 heterocycles. The van der Waals surface area contributed by atoms with Crippen molar-refractivity contribution in [2.75, 3.05) is 6.54 Å². The fraction of sp³-hybridized carbons (Fsp3) is 0.625. The first-order valence-corrected chi connectivity index (χ1v) is 7.11. The lowest BCUT2D eigenvalue weighted by Crippen LogP contribution is -2.26. The topological polar surface area (TPSA) is 46.2 Å². The number of rotatable bonds is 5. The number of hydrogen-bond acceptors (Lipinski definition) is 2. The number of aliphatic hydroxyl groups is 1. The van der Waals surface area contributed by atoms with E-state index in [2.05, 4.69) is 38.1 Å². The second-order valence-corrected chi connectivity index (χ2v) is 5.88. The highest BCUT2D eigenvalue weighted by Gasteiger charge is 2.24. The van der Waals surface area contributed by atoms with Gasteiger partial charge < -0.3 is 10.8 Å². The van der Waals surface area contributed by atoms with Crippen LogP contribution in [0.5, 0.6) is 0 Å². The van der Waals surface area contributed by atoms with Crippen molar-refractivity contribution in [3.63, 3.8) is 0 Å². The lowest BCUT2D eigenvalue weighted by atomic mass is 9.79. The van der Waals surface area contributed by atoms with E-state index in [1.54, 1.807) is 0 Å². The van der Waals surface area contributed by atoms with E-state index in [1.807, 2.05) is 0 Å². The average molecular weight is 247 g/mol. The summed E-state index contributed by atoms with van der Waals surface area (Å²) in [5, 5.41) is 10.4. The van der Waals surface area contributed by atoms with Crippen LogP contribution in [-0.4, -0.2) is 11.7 Å². The van der Waals surface area contributed by atoms with Crippen LogP contribution in [0.2, 0.25) is 0 Å². The Morgan fingerprint density at radius 3 is 2.22 bits per heavy atom. The molecule has 0 spiro atoms. The third-order valence-electron chi connectivity index (χ3n) is 4.39. The van der Waals surface area contributed by atoms with Gasteiger partial charge in [-0.25, -0.2) is 0 Å². The highest BCUT2D eigenvalue weighted by atomic mass is 16.3. The van der Waals surface area contributed by atoms with Crippen LogP contribution in [0.3, 0.4) is 0 Å². The molecule has 0 aliphatic heterocycles. The molecular weight excluding hydrogens is 222 g/mol. The van der Waals surface area contributed by atoms with Gasteiger partial charge >= 0.3 is 0 Å². The molecule has 2 nitrogen and oxygen atoms in total. The molecule has 0 aromatic heterocycles. The molecule has 18 heavy (non-hydrogen) atoms. The van der Waals surface area contributed by atoms with Crippen molar-refractivity contribution in [1.29, 1.82) is 0 Å². The Labute approximate surface area is 110 Å². The molecule has 1 aromatic carbocycles. The lowest BCUT2D eigenvalue weighted by molar-refractivity contribution is 0.0861. The summed E-state index contributed by atoms with van der Waals surface area (Å²) in [6.45, 7) is 4.76. The summed E-state index contributed by atoms with van der Waals surface area (Å²) in [6.07, 6.45) is 3.56. The van der Waals surface area contributed by atoms with Crippen molar-refractivity contribution in [3.8, 4) is 0 Å². The number of aliphatic hydroxyl groups excluding tert-OH is 1. The maximum Gasteiger partial charge on any atom is 0.0832 e. The molecule has 1 aromatic rings. The van der Waals surface area contributed by atoms with E-state index in [0.29, 0.717) is 12.5 Å². The summed E-state index contributed by atoms with van der Waals surface area (Å²) in [5.41, 5.74) is 8.19. The lowest BCUT2D eigenvalue weighted by Gasteiger charge is -2.28. The Balaban J connectivity index is 2.07. The highest BCUT2D eigenvalue weighted by molar-refractivity contribution is 5.28. The molecule has 1 aliphatic rings. The number of benzene rings is 1. The largest absolute Gasteiger partial charge is 0.388 e. The van der Waals surface area contributed by atoms with Gasteiger partial charge in [0.15, 0.2) is 0 Å². The summed E-state index contributed by atoms with van der Waals surface area (Å²) in [4.78, 5) is 0. The van der Waals surface area contributed by atoms with E-state index < -0.39 is 6.10 Å². The minimum absolute atomic E-state index is 0.138. The van der Waals surface area contributed by atoms with Gasteiger partial charge in [-0.2, -0.15) is 0 Å². The molecule has 2 heteroatoms. The summed E-state index contributed by atoms with van der Waals surface area (Å²) in [5.74, 6) is 1.29. The van der Waals surface area contributed by atoms with Crippen LogP contribution < -0.4 is 5.73 Å². The van der Waals surface area contributed by atoms with E-state index in [9.17, 15) is 5.11 Å². The van der Waals surface area contributed by atoms with Crippen molar-refractivity contribution in [2.24, 2.45) is 17.6 Å². The number of nitrogens with two attached hydrogens (primary N) is 1. The average Bonchev–Trinajstić information content (AvgIpc) is 2.28. The van der Waals surface area contributed by atoms with Gasteiger partial charge in [-0.3, -0.25) is 0 Å². The van der Waals surface area contributed by atoms with Crippen LogP contribution in [-0.2, 0) is 0 Å². The Morgan fingerprint density at radius 1 is 1.22 bits per heavy atom. The molecule has 3 N–H and O–H groups in total. The molecule has 1 aliphatic carbocycles. The Kier molecular flexibility index (Phi) is 4.41. The van der Waals surface area contributed by atoms with Crippen LogP contribution in [0.15, 0.2) is 24.3 Å². The Bertz CT molecular complexity index is 367. The third kappa shape index (κ3) is 2.76. The third-order valence-corrected chi connectivity index (χ3v) is 4.39. The molecule has 1 fully saturated rings. The van der Waals surface area contributed by atoms with E-state index in [0.717, 1.165) is 11.5 Å². The van der Waals surface area contributed by atoms with Crippen molar-refractivity contribution < 1.29 is 5.11 Å². The first-order chi connectivity index (χ1) is 8.63. The second kappa shape index (κ2) is 5.85. The number of hydrogen-bond donors (Lipinski definition) is 2. The molecule has 1 saturated carbocycles. The summed E-state index contributed by atoms with van der Waals surface area (Å²) in [7, 11) is 0. The SMILES string of the molecule is CC(C)C(CN)C(O)c1ccc(C2CCC2)cc1. The maximum absolute atomic E-state index is 10.4. The van der Waals surface area contributed by atoms with E-state index in [1.165, 1.54) is 24.8 Å². The molecule has 0 saturated heterocycles. The van der Waals surface area contributed by atoms with Gasteiger partial charge in [0.1, 0.15) is 0 Å². The molecule has 0 bridgehead atoms. The fourth-order valence-corrected chi connectivity index (χ4v) is 2.72. The van der Waals surface area contributed by atoms with Gasteiger partial charge in [-0.05, 0) is 42.3 Å². The minimum Gasteiger partial charge on any atom is -0.388 e. The standard InChI is InChI=1S/C16H25NO/c1-11(2)15(10-17)16(18)14-8-6-13(7-9-14)12-4-3-5-12/h6-9,11-12,15-16,18H,3-5,10,17H2,1-2H3. The van der Waals surface area contributed by atoms with Crippen LogP contribution in [0, 0.1) is 11.8 Å². The zero-order valence-corrected chi connectivity index (χ0v) is 11.5. The van der Waals surface area contributed by atoms with Crippen molar-refractivity contribution >= 4 is 0 Å². The summed E-state index contributed by atoms with van der Waals surface area (Å²) >= 11 is 0. The van der Waals surface area contributed by atoms with E-state index in [4.69, 9.17) is 5.73 Å². The Morgan fingerprint density at radius 2 is 1.83 bits per heavy atom. The quantitative estimate of drug-likeness (QED) is 0.839. The van der Waals surface area contributed by atoms with Crippen molar-refractivity contribution in [3.05, 3.63) is 35.4 Å². The maximum atomic E-state index is 10.4. The van der Waals surface area contributed by atoms with Gasteiger partial charge in [-0.15, -0.1) is 0 Å². The van der Waals surface area contributed by atoms with Crippen molar-refractivity contribution in [1.82, 2.24) is 0 Å². The monoisotopic (exact) mass is 247 g/mol. The van der Waals surface area contributed by atoms with Gasteiger partial charge in [-0.1, -0.05) is 44.5 Å². The fourth-order valence-electron chi connectivity index (χ4n) is 2.72. The zero-order chi connectivity index (χ0) is 13.1. The molecule has 0 amide bonds. The minimum atomic E-state index is -0.439. The molecule has 0 radical (unpaired) electrons. The van der Waals surface area contributed by atoms with Crippen LogP contribution in [0.25, 0.3) is 0 Å². The highest BCUT2D eigenvalue weighted by Crippen LogP contribution is 2.37. The van der Waals surface area contributed by atoms with Crippen LogP contribution >= 0.6 is 0 Å². The molecule has 100 valence electrons.